The number of benzene rings is 2. The number of amides is 1. The van der Waals surface area contributed by atoms with Gasteiger partial charge in [0.1, 0.15) is 0 Å². The summed E-state index contributed by atoms with van der Waals surface area (Å²) in [7, 11) is 0. The predicted octanol–water partition coefficient (Wildman–Crippen LogP) is 3.29. The van der Waals surface area contributed by atoms with Crippen LogP contribution in [0.25, 0.3) is 0 Å². The molecule has 0 saturated carbocycles. The molecule has 2 aromatic rings. The number of hydrogen-bond donors (Lipinski definition) is 0. The van der Waals surface area contributed by atoms with E-state index in [4.69, 9.17) is 0 Å². The van der Waals surface area contributed by atoms with Crippen molar-refractivity contribution in [3.8, 4) is 0 Å². The summed E-state index contributed by atoms with van der Waals surface area (Å²) in [6.07, 6.45) is 3.57. The molecule has 0 N–H and O–H groups in total. The van der Waals surface area contributed by atoms with Gasteiger partial charge in [-0.25, -0.2) is 0 Å². The fourth-order valence-electron chi connectivity index (χ4n) is 4.44. The average Bonchev–Trinajstić information content (AvgIpc) is 2.76. The van der Waals surface area contributed by atoms with Crippen LogP contribution in [-0.4, -0.2) is 61.5 Å². The largest absolute Gasteiger partial charge is 0.368 e. The zero-order chi connectivity index (χ0) is 19.2. The highest BCUT2D eigenvalue weighted by molar-refractivity contribution is 5.78. The quantitative estimate of drug-likeness (QED) is 0.800. The molecule has 4 heteroatoms. The van der Waals surface area contributed by atoms with E-state index in [1.165, 1.54) is 30.5 Å². The van der Waals surface area contributed by atoms with E-state index in [1.54, 1.807) is 0 Å². The van der Waals surface area contributed by atoms with Crippen molar-refractivity contribution >= 4 is 11.6 Å². The van der Waals surface area contributed by atoms with Gasteiger partial charge >= 0.3 is 0 Å². The Morgan fingerprint density at radius 1 is 0.786 bits per heavy atom. The smallest absolute Gasteiger partial charge is 0.236 e. The number of rotatable bonds is 5. The maximum atomic E-state index is 12.7. The molecule has 0 spiro atoms. The van der Waals surface area contributed by atoms with Crippen molar-refractivity contribution in [2.75, 3.05) is 50.7 Å². The van der Waals surface area contributed by atoms with Gasteiger partial charge in [-0.05, 0) is 56.0 Å². The molecular weight excluding hydrogens is 346 g/mol. The van der Waals surface area contributed by atoms with Gasteiger partial charge in [0.15, 0.2) is 0 Å². The van der Waals surface area contributed by atoms with Crippen LogP contribution in [0.1, 0.15) is 18.4 Å². The van der Waals surface area contributed by atoms with Crippen LogP contribution in [0.2, 0.25) is 0 Å². The second-order valence-corrected chi connectivity index (χ2v) is 8.11. The first-order chi connectivity index (χ1) is 13.8. The second-order valence-electron chi connectivity index (χ2n) is 8.11. The van der Waals surface area contributed by atoms with Crippen LogP contribution in [0.4, 0.5) is 5.69 Å². The number of anilines is 1. The van der Waals surface area contributed by atoms with Gasteiger partial charge in [0.2, 0.25) is 5.91 Å². The fourth-order valence-corrected chi connectivity index (χ4v) is 4.44. The molecule has 2 heterocycles. The molecule has 4 nitrogen and oxygen atoms in total. The van der Waals surface area contributed by atoms with E-state index in [0.29, 0.717) is 12.5 Å². The monoisotopic (exact) mass is 377 g/mol. The van der Waals surface area contributed by atoms with Crippen LogP contribution in [0.3, 0.4) is 0 Å². The van der Waals surface area contributed by atoms with E-state index >= 15 is 0 Å². The molecule has 2 aromatic carbocycles. The number of hydrogen-bond acceptors (Lipinski definition) is 3. The van der Waals surface area contributed by atoms with Crippen molar-refractivity contribution in [3.63, 3.8) is 0 Å². The zero-order valence-corrected chi connectivity index (χ0v) is 16.7. The minimum atomic E-state index is 0.300. The van der Waals surface area contributed by atoms with Gasteiger partial charge in [0.25, 0.3) is 0 Å². The lowest BCUT2D eigenvalue weighted by Crippen LogP contribution is -2.52. The Morgan fingerprint density at radius 2 is 1.39 bits per heavy atom. The summed E-state index contributed by atoms with van der Waals surface area (Å²) >= 11 is 0. The molecule has 28 heavy (non-hydrogen) atoms. The normalized spacial score (nSPS) is 19.0. The first kappa shape index (κ1) is 19.0. The highest BCUT2D eigenvalue weighted by atomic mass is 16.2. The van der Waals surface area contributed by atoms with Gasteiger partial charge in [0.05, 0.1) is 6.54 Å². The Morgan fingerprint density at radius 3 is 2.04 bits per heavy atom. The van der Waals surface area contributed by atoms with E-state index in [2.05, 4.69) is 69.3 Å². The molecular formula is C24H31N3O. The number of nitrogens with zero attached hydrogens (tertiary/aromatic N) is 3. The molecule has 1 amide bonds. The summed E-state index contributed by atoms with van der Waals surface area (Å²) in [5, 5.41) is 0. The molecule has 0 bridgehead atoms. The topological polar surface area (TPSA) is 26.8 Å². The van der Waals surface area contributed by atoms with Crippen LogP contribution in [0, 0.1) is 5.92 Å². The Kier molecular flexibility index (Phi) is 6.27. The van der Waals surface area contributed by atoms with Crippen molar-refractivity contribution in [1.82, 2.24) is 9.80 Å². The third kappa shape index (κ3) is 4.93. The SMILES string of the molecule is O=C(CN1CCC(Cc2ccccc2)CC1)N1CCN(c2ccccc2)CC1. The summed E-state index contributed by atoms with van der Waals surface area (Å²) in [4.78, 5) is 19.5. The first-order valence-electron chi connectivity index (χ1n) is 10.6. The molecule has 0 aromatic heterocycles. The molecule has 2 aliphatic rings. The highest BCUT2D eigenvalue weighted by Gasteiger charge is 2.25. The molecule has 0 aliphatic carbocycles. The van der Waals surface area contributed by atoms with Crippen molar-refractivity contribution in [3.05, 3.63) is 66.2 Å². The van der Waals surface area contributed by atoms with Crippen molar-refractivity contribution in [2.45, 2.75) is 19.3 Å². The van der Waals surface area contributed by atoms with Gasteiger partial charge < -0.3 is 9.80 Å². The third-order valence-corrected chi connectivity index (χ3v) is 6.19. The van der Waals surface area contributed by atoms with Crippen LogP contribution >= 0.6 is 0 Å². The lowest BCUT2D eigenvalue weighted by molar-refractivity contribution is -0.133. The van der Waals surface area contributed by atoms with Gasteiger partial charge in [-0.2, -0.15) is 0 Å². The molecule has 2 aliphatic heterocycles. The molecule has 148 valence electrons. The molecule has 0 unspecified atom stereocenters. The van der Waals surface area contributed by atoms with E-state index in [-0.39, 0.29) is 0 Å². The Hall–Kier alpha value is -2.33. The van der Waals surface area contributed by atoms with Gasteiger partial charge in [0, 0.05) is 31.9 Å². The van der Waals surface area contributed by atoms with E-state index in [1.807, 2.05) is 6.07 Å². The van der Waals surface area contributed by atoms with Crippen molar-refractivity contribution < 1.29 is 4.79 Å². The van der Waals surface area contributed by atoms with Crippen LogP contribution in [0.15, 0.2) is 60.7 Å². The maximum Gasteiger partial charge on any atom is 0.236 e. The lowest BCUT2D eigenvalue weighted by Gasteiger charge is -2.38. The Labute approximate surface area is 168 Å². The number of piperidine rings is 1. The summed E-state index contributed by atoms with van der Waals surface area (Å²) in [6.45, 7) is 6.20. The van der Waals surface area contributed by atoms with Crippen LogP contribution < -0.4 is 4.90 Å². The van der Waals surface area contributed by atoms with Gasteiger partial charge in [-0.3, -0.25) is 9.69 Å². The standard InChI is InChI=1S/C24H31N3O/c28-24(27-17-15-26(16-18-27)23-9-5-2-6-10-23)20-25-13-11-22(12-14-25)19-21-7-3-1-4-8-21/h1-10,22H,11-20H2. The number of para-hydroxylation sites is 1. The number of carbonyl (C=O) groups excluding carboxylic acids is 1. The zero-order valence-electron chi connectivity index (χ0n) is 16.7. The lowest BCUT2D eigenvalue weighted by atomic mass is 9.90. The second kappa shape index (κ2) is 9.24. The number of likely N-dealkylation sites (tertiary alicyclic amines) is 1. The number of carbonyl (C=O) groups is 1. The summed E-state index contributed by atoms with van der Waals surface area (Å²) in [5.41, 5.74) is 2.70. The highest BCUT2D eigenvalue weighted by Crippen LogP contribution is 2.22. The molecule has 2 saturated heterocycles. The van der Waals surface area contributed by atoms with Crippen molar-refractivity contribution in [2.24, 2.45) is 5.92 Å². The molecule has 0 radical (unpaired) electrons. The summed E-state index contributed by atoms with van der Waals surface area (Å²) < 4.78 is 0. The summed E-state index contributed by atoms with van der Waals surface area (Å²) in [5.74, 6) is 1.05. The Bertz CT molecular complexity index is 733. The third-order valence-electron chi connectivity index (χ3n) is 6.19. The average molecular weight is 378 g/mol. The number of piperazine rings is 1. The maximum absolute atomic E-state index is 12.7. The predicted molar refractivity (Wildman–Crippen MR) is 115 cm³/mol. The first-order valence-corrected chi connectivity index (χ1v) is 10.6. The Balaban J connectivity index is 1.19. The fraction of sp³-hybridized carbons (Fsp3) is 0.458. The van der Waals surface area contributed by atoms with E-state index < -0.39 is 0 Å². The molecule has 0 atom stereocenters. The minimum absolute atomic E-state index is 0.300. The van der Waals surface area contributed by atoms with Gasteiger partial charge in [-0.15, -0.1) is 0 Å². The van der Waals surface area contributed by atoms with Crippen LogP contribution in [0.5, 0.6) is 0 Å². The van der Waals surface area contributed by atoms with E-state index in [9.17, 15) is 4.79 Å². The van der Waals surface area contributed by atoms with Crippen LogP contribution in [-0.2, 0) is 11.2 Å². The summed E-state index contributed by atoms with van der Waals surface area (Å²) in [6, 6.07) is 21.3. The van der Waals surface area contributed by atoms with Gasteiger partial charge in [-0.1, -0.05) is 48.5 Å². The van der Waals surface area contributed by atoms with E-state index in [0.717, 1.165) is 45.2 Å². The molecule has 4 rings (SSSR count). The molecule has 2 fully saturated rings. The minimum Gasteiger partial charge on any atom is -0.368 e. The van der Waals surface area contributed by atoms with Crippen molar-refractivity contribution in [1.29, 1.82) is 0 Å².